The van der Waals surface area contributed by atoms with Gasteiger partial charge >= 0.3 is 5.69 Å². The Kier molecular flexibility index (Phi) is 3.79. The lowest BCUT2D eigenvalue weighted by Gasteiger charge is -2.35. The highest BCUT2D eigenvalue weighted by molar-refractivity contribution is 5.97. The minimum Gasteiger partial charge on any atom is -0.348 e. The van der Waals surface area contributed by atoms with Gasteiger partial charge in [0.1, 0.15) is 0 Å². The second kappa shape index (κ2) is 6.01. The number of hydrogen-bond donors (Lipinski definition) is 1. The number of fused-ring (bicyclic) bond motifs is 2. The summed E-state index contributed by atoms with van der Waals surface area (Å²) >= 11 is 0. The van der Waals surface area contributed by atoms with Crippen LogP contribution in [0.2, 0.25) is 0 Å². The molecule has 1 aromatic carbocycles. The lowest BCUT2D eigenvalue weighted by Crippen LogP contribution is -2.40. The molecule has 0 spiro atoms. The highest BCUT2D eigenvalue weighted by atomic mass is 16.2. The molecule has 0 saturated heterocycles. The predicted molar refractivity (Wildman–Crippen MR) is 98.4 cm³/mol. The number of nitrogens with zero attached hydrogens (tertiary/aromatic N) is 3. The van der Waals surface area contributed by atoms with E-state index in [1.165, 1.54) is 0 Å². The van der Waals surface area contributed by atoms with Crippen molar-refractivity contribution >= 4 is 16.8 Å². The Morgan fingerprint density at radius 3 is 2.81 bits per heavy atom. The zero-order valence-corrected chi connectivity index (χ0v) is 14.7. The molecule has 2 aromatic heterocycles. The van der Waals surface area contributed by atoms with Crippen molar-refractivity contribution in [2.24, 2.45) is 0 Å². The monoisotopic (exact) mass is 352 g/mol. The van der Waals surface area contributed by atoms with Gasteiger partial charge in [-0.05, 0) is 44.2 Å². The van der Waals surface area contributed by atoms with Crippen molar-refractivity contribution < 1.29 is 4.79 Å². The highest BCUT2D eigenvalue weighted by Gasteiger charge is 2.28. The molecule has 1 unspecified atom stereocenters. The molecule has 3 heterocycles. The number of hydrogen-bond acceptors (Lipinski definition) is 3. The Balaban J connectivity index is 1.74. The first-order valence-electron chi connectivity index (χ1n) is 8.74. The second-order valence-corrected chi connectivity index (χ2v) is 6.54. The molecular formula is C19H20N4O3. The molecule has 0 fully saturated rings. The first-order valence-corrected chi connectivity index (χ1v) is 8.74. The van der Waals surface area contributed by atoms with Crippen molar-refractivity contribution in [2.75, 3.05) is 6.54 Å². The fourth-order valence-electron chi connectivity index (χ4n) is 3.70. The van der Waals surface area contributed by atoms with Crippen molar-refractivity contribution in [3.05, 3.63) is 68.6 Å². The third-order valence-corrected chi connectivity index (χ3v) is 5.15. The van der Waals surface area contributed by atoms with Crippen molar-refractivity contribution in [3.8, 4) is 0 Å². The first kappa shape index (κ1) is 16.4. The van der Waals surface area contributed by atoms with Gasteiger partial charge < -0.3 is 14.5 Å². The summed E-state index contributed by atoms with van der Waals surface area (Å²) in [4.78, 5) is 41.9. The second-order valence-electron chi connectivity index (χ2n) is 6.54. The molecule has 0 saturated carbocycles. The minimum absolute atomic E-state index is 0.0333. The molecule has 1 amide bonds. The van der Waals surface area contributed by atoms with Crippen LogP contribution in [0.4, 0.5) is 0 Å². The Bertz CT molecular complexity index is 1120. The molecule has 1 atom stereocenters. The fourth-order valence-corrected chi connectivity index (χ4v) is 3.70. The number of benzene rings is 1. The highest BCUT2D eigenvalue weighted by Crippen LogP contribution is 2.27. The molecule has 26 heavy (non-hydrogen) atoms. The smallest absolute Gasteiger partial charge is 0.328 e. The van der Waals surface area contributed by atoms with Gasteiger partial charge in [0.05, 0.1) is 16.9 Å². The minimum atomic E-state index is -0.459. The van der Waals surface area contributed by atoms with Crippen LogP contribution in [0.1, 0.15) is 35.9 Å². The van der Waals surface area contributed by atoms with Crippen molar-refractivity contribution in [1.29, 1.82) is 0 Å². The van der Waals surface area contributed by atoms with E-state index in [0.717, 1.165) is 16.8 Å². The summed E-state index contributed by atoms with van der Waals surface area (Å²) in [6.45, 7) is 5.42. The number of amides is 1. The molecule has 4 rings (SSSR count). The van der Waals surface area contributed by atoms with E-state index in [4.69, 9.17) is 0 Å². The van der Waals surface area contributed by atoms with Gasteiger partial charge in [-0.15, -0.1) is 0 Å². The van der Waals surface area contributed by atoms with Crippen molar-refractivity contribution in [2.45, 2.75) is 33.0 Å². The standard InChI is InChI=1S/C19H20N4O3/c1-3-22-18(25)14-7-6-13(11-15(14)20-19(22)26)17(24)23-10-9-21-8-4-5-16(21)12(23)2/h4-8,11-12H,3,9-10H2,1-2H3,(H,20,26). The summed E-state index contributed by atoms with van der Waals surface area (Å²) in [6.07, 6.45) is 2.02. The largest absolute Gasteiger partial charge is 0.348 e. The normalized spacial score (nSPS) is 16.7. The summed E-state index contributed by atoms with van der Waals surface area (Å²) in [6, 6.07) is 8.85. The average Bonchev–Trinajstić information content (AvgIpc) is 3.11. The van der Waals surface area contributed by atoms with Crippen LogP contribution in [0.5, 0.6) is 0 Å². The van der Waals surface area contributed by atoms with Crippen molar-refractivity contribution in [1.82, 2.24) is 19.0 Å². The molecular weight excluding hydrogens is 332 g/mol. The van der Waals surface area contributed by atoms with Gasteiger partial charge in [0.25, 0.3) is 11.5 Å². The quantitative estimate of drug-likeness (QED) is 0.763. The first-order chi connectivity index (χ1) is 12.5. The lowest BCUT2D eigenvalue weighted by atomic mass is 10.1. The van der Waals surface area contributed by atoms with Crippen LogP contribution in [-0.4, -0.2) is 31.5 Å². The van der Waals surface area contributed by atoms with Crippen LogP contribution in [-0.2, 0) is 13.1 Å². The number of rotatable bonds is 2. The molecule has 134 valence electrons. The van der Waals surface area contributed by atoms with E-state index < -0.39 is 5.69 Å². The molecule has 1 aliphatic heterocycles. The molecule has 7 nitrogen and oxygen atoms in total. The van der Waals surface area contributed by atoms with E-state index in [9.17, 15) is 14.4 Å². The Morgan fingerprint density at radius 1 is 1.23 bits per heavy atom. The SMILES string of the molecule is CCn1c(=O)[nH]c2cc(C(=O)N3CCn4cccc4C3C)ccc2c1=O. The van der Waals surface area contributed by atoms with Gasteiger partial charge in [0.15, 0.2) is 0 Å². The van der Waals surface area contributed by atoms with E-state index in [2.05, 4.69) is 9.55 Å². The van der Waals surface area contributed by atoms with Crippen LogP contribution in [0.25, 0.3) is 10.9 Å². The van der Waals surface area contributed by atoms with Gasteiger partial charge in [-0.3, -0.25) is 14.2 Å². The summed E-state index contributed by atoms with van der Waals surface area (Å²) in [7, 11) is 0. The zero-order valence-electron chi connectivity index (χ0n) is 14.7. The van der Waals surface area contributed by atoms with E-state index >= 15 is 0 Å². The third-order valence-electron chi connectivity index (χ3n) is 5.15. The molecule has 7 heteroatoms. The molecule has 3 aromatic rings. The van der Waals surface area contributed by atoms with Gasteiger partial charge in [0.2, 0.25) is 0 Å². The fraction of sp³-hybridized carbons (Fsp3) is 0.316. The van der Waals surface area contributed by atoms with Gasteiger partial charge in [-0.25, -0.2) is 4.79 Å². The molecule has 1 N–H and O–H groups in total. The summed E-state index contributed by atoms with van der Waals surface area (Å²) in [5.41, 5.74) is 1.16. The van der Waals surface area contributed by atoms with Gasteiger partial charge in [-0.2, -0.15) is 0 Å². The van der Waals surface area contributed by atoms with E-state index in [-0.39, 0.29) is 17.5 Å². The number of H-pyrrole nitrogens is 1. The van der Waals surface area contributed by atoms with E-state index in [0.29, 0.717) is 29.6 Å². The van der Waals surface area contributed by atoms with Crippen LogP contribution in [0, 0.1) is 0 Å². The summed E-state index contributed by atoms with van der Waals surface area (Å²) in [5.74, 6) is -0.104. The van der Waals surface area contributed by atoms with Crippen LogP contribution >= 0.6 is 0 Å². The topological polar surface area (TPSA) is 80.1 Å². The number of carbonyl (C=O) groups excluding carboxylic acids is 1. The third kappa shape index (κ3) is 2.39. The van der Waals surface area contributed by atoms with Crippen LogP contribution < -0.4 is 11.2 Å². The van der Waals surface area contributed by atoms with E-state index in [1.807, 2.05) is 30.2 Å². The maximum absolute atomic E-state index is 13.0. The Labute approximate surface area is 149 Å². The van der Waals surface area contributed by atoms with E-state index in [1.54, 1.807) is 25.1 Å². The molecule has 0 aliphatic carbocycles. The number of carbonyl (C=O) groups is 1. The van der Waals surface area contributed by atoms with Crippen LogP contribution in [0.15, 0.2) is 46.1 Å². The number of aromatic amines is 1. The van der Waals surface area contributed by atoms with Gasteiger partial charge in [0, 0.05) is 37.1 Å². The number of nitrogens with one attached hydrogen (secondary N) is 1. The maximum Gasteiger partial charge on any atom is 0.328 e. The number of aromatic nitrogens is 3. The molecule has 0 radical (unpaired) electrons. The van der Waals surface area contributed by atoms with Crippen LogP contribution in [0.3, 0.4) is 0 Å². The Hall–Kier alpha value is -3.09. The molecule has 1 aliphatic rings. The summed E-state index contributed by atoms with van der Waals surface area (Å²) in [5, 5.41) is 0.406. The van der Waals surface area contributed by atoms with Gasteiger partial charge in [-0.1, -0.05) is 0 Å². The van der Waals surface area contributed by atoms with Crippen molar-refractivity contribution in [3.63, 3.8) is 0 Å². The average molecular weight is 352 g/mol. The maximum atomic E-state index is 13.0. The summed E-state index contributed by atoms with van der Waals surface area (Å²) < 4.78 is 3.30. The lowest BCUT2D eigenvalue weighted by molar-refractivity contribution is 0.0644. The Morgan fingerprint density at radius 2 is 2.04 bits per heavy atom. The predicted octanol–water partition coefficient (Wildman–Crippen LogP) is 1.73. The molecule has 0 bridgehead atoms. The zero-order chi connectivity index (χ0) is 18.4.